The predicted molar refractivity (Wildman–Crippen MR) is 73.6 cm³/mol. The minimum atomic E-state index is -0.468. The Bertz CT molecular complexity index is 584. The van der Waals surface area contributed by atoms with E-state index in [1.807, 2.05) is 19.1 Å². The molecule has 2 rings (SSSR count). The quantitative estimate of drug-likeness (QED) is 0.864. The number of aryl methyl sites for hydroxylation is 1. The van der Waals surface area contributed by atoms with Crippen LogP contribution in [0.4, 0.5) is 4.39 Å². The number of nitrogens with two attached hydrogens (primary N) is 1. The Kier molecular flexibility index (Phi) is 3.91. The van der Waals surface area contributed by atoms with Crippen molar-refractivity contribution in [1.29, 1.82) is 0 Å². The van der Waals surface area contributed by atoms with Crippen LogP contribution in [0.15, 0.2) is 36.4 Å². The van der Waals surface area contributed by atoms with Crippen LogP contribution >= 0.6 is 23.2 Å². The largest absolute Gasteiger partial charge is 0.320 e. The van der Waals surface area contributed by atoms with E-state index >= 15 is 0 Å². The molecule has 0 fully saturated rings. The summed E-state index contributed by atoms with van der Waals surface area (Å²) in [6.45, 7) is 1.89. The van der Waals surface area contributed by atoms with Crippen molar-refractivity contribution < 1.29 is 4.39 Å². The molecule has 1 nitrogen and oxygen atoms in total. The normalized spacial score (nSPS) is 12.5. The first-order chi connectivity index (χ1) is 8.49. The molecule has 18 heavy (non-hydrogen) atoms. The summed E-state index contributed by atoms with van der Waals surface area (Å²) < 4.78 is 13.2. The molecule has 0 aliphatic heterocycles. The maximum atomic E-state index is 13.2. The number of halogens is 3. The molecule has 94 valence electrons. The van der Waals surface area contributed by atoms with E-state index in [9.17, 15) is 4.39 Å². The highest BCUT2D eigenvalue weighted by atomic mass is 35.5. The molecule has 0 heterocycles. The summed E-state index contributed by atoms with van der Waals surface area (Å²) in [7, 11) is 0. The van der Waals surface area contributed by atoms with E-state index in [2.05, 4.69) is 0 Å². The third kappa shape index (κ3) is 2.66. The first-order valence-corrected chi connectivity index (χ1v) is 6.21. The Hall–Kier alpha value is -1.09. The van der Waals surface area contributed by atoms with Crippen molar-refractivity contribution in [2.24, 2.45) is 5.73 Å². The van der Waals surface area contributed by atoms with Gasteiger partial charge in [-0.1, -0.05) is 35.3 Å². The first-order valence-electron chi connectivity index (χ1n) is 5.45. The number of benzene rings is 2. The molecule has 0 aliphatic carbocycles. The summed E-state index contributed by atoms with van der Waals surface area (Å²) in [5.74, 6) is -0.351. The number of hydrogen-bond acceptors (Lipinski definition) is 1. The maximum absolute atomic E-state index is 13.2. The van der Waals surface area contributed by atoms with E-state index in [4.69, 9.17) is 28.9 Å². The van der Waals surface area contributed by atoms with Gasteiger partial charge in [0, 0.05) is 10.0 Å². The molecule has 0 saturated heterocycles. The van der Waals surface area contributed by atoms with Gasteiger partial charge in [0.2, 0.25) is 0 Å². The zero-order valence-corrected chi connectivity index (χ0v) is 11.3. The van der Waals surface area contributed by atoms with Gasteiger partial charge in [0.15, 0.2) is 0 Å². The van der Waals surface area contributed by atoms with Crippen LogP contribution in [-0.4, -0.2) is 0 Å². The lowest BCUT2D eigenvalue weighted by Crippen LogP contribution is -2.13. The van der Waals surface area contributed by atoms with Gasteiger partial charge < -0.3 is 5.73 Å². The highest BCUT2D eigenvalue weighted by molar-refractivity contribution is 6.31. The Labute approximate surface area is 115 Å². The Morgan fingerprint density at radius 2 is 1.72 bits per heavy atom. The van der Waals surface area contributed by atoms with Crippen LogP contribution < -0.4 is 5.73 Å². The maximum Gasteiger partial charge on any atom is 0.123 e. The number of rotatable bonds is 2. The van der Waals surface area contributed by atoms with Crippen LogP contribution in [0, 0.1) is 12.7 Å². The Morgan fingerprint density at radius 1 is 1.06 bits per heavy atom. The Morgan fingerprint density at radius 3 is 2.39 bits per heavy atom. The van der Waals surface area contributed by atoms with Gasteiger partial charge in [-0.2, -0.15) is 0 Å². The zero-order valence-electron chi connectivity index (χ0n) is 9.75. The van der Waals surface area contributed by atoms with Crippen LogP contribution in [-0.2, 0) is 0 Å². The molecule has 1 unspecified atom stereocenters. The van der Waals surface area contributed by atoms with E-state index in [0.717, 1.165) is 11.1 Å². The number of hydrogen-bond donors (Lipinski definition) is 1. The van der Waals surface area contributed by atoms with Crippen molar-refractivity contribution in [3.05, 3.63) is 69.0 Å². The fourth-order valence-electron chi connectivity index (χ4n) is 1.79. The summed E-state index contributed by atoms with van der Waals surface area (Å²) >= 11 is 12.0. The van der Waals surface area contributed by atoms with Crippen molar-refractivity contribution in [3.8, 4) is 0 Å². The van der Waals surface area contributed by atoms with Gasteiger partial charge in [-0.25, -0.2) is 4.39 Å². The van der Waals surface area contributed by atoms with E-state index in [1.54, 1.807) is 6.07 Å². The smallest absolute Gasteiger partial charge is 0.123 e. The molecule has 0 bridgehead atoms. The average Bonchev–Trinajstić information content (AvgIpc) is 2.35. The van der Waals surface area contributed by atoms with E-state index in [1.165, 1.54) is 18.2 Å². The average molecular weight is 284 g/mol. The molecule has 1 atom stereocenters. The van der Waals surface area contributed by atoms with Gasteiger partial charge in [0.1, 0.15) is 5.82 Å². The molecular weight excluding hydrogens is 272 g/mol. The Balaban J connectivity index is 2.44. The molecule has 4 heteroatoms. The van der Waals surface area contributed by atoms with Gasteiger partial charge in [-0.15, -0.1) is 0 Å². The summed E-state index contributed by atoms with van der Waals surface area (Å²) in [6, 6.07) is 9.19. The van der Waals surface area contributed by atoms with Crippen LogP contribution in [0.1, 0.15) is 22.7 Å². The molecule has 0 radical (unpaired) electrons. The molecular formula is C14H12Cl2FN. The van der Waals surface area contributed by atoms with Crippen molar-refractivity contribution in [3.63, 3.8) is 0 Å². The zero-order chi connectivity index (χ0) is 13.3. The lowest BCUT2D eigenvalue weighted by Gasteiger charge is -2.15. The fraction of sp³-hybridized carbons (Fsp3) is 0.143. The third-order valence-corrected chi connectivity index (χ3v) is 3.60. The fourth-order valence-corrected chi connectivity index (χ4v) is 2.15. The highest BCUT2D eigenvalue weighted by Crippen LogP contribution is 2.29. The second-order valence-corrected chi connectivity index (χ2v) is 4.97. The minimum absolute atomic E-state index is 0.351. The highest BCUT2D eigenvalue weighted by Gasteiger charge is 2.14. The van der Waals surface area contributed by atoms with Crippen molar-refractivity contribution in [2.75, 3.05) is 0 Å². The molecule has 2 aromatic rings. The summed E-state index contributed by atoms with van der Waals surface area (Å²) in [5, 5.41) is 1.13. The molecule has 0 saturated carbocycles. The molecule has 2 aromatic carbocycles. The molecule has 0 spiro atoms. The second kappa shape index (κ2) is 5.27. The summed E-state index contributed by atoms with van der Waals surface area (Å²) in [5.41, 5.74) is 8.46. The third-order valence-electron chi connectivity index (χ3n) is 2.83. The standard InChI is InChI=1S/C14H12Cl2FN/c1-8-6-9(2-4-12(8)15)14(18)11-7-10(17)3-5-13(11)16/h2-7,14H,18H2,1H3. The molecule has 0 aromatic heterocycles. The second-order valence-electron chi connectivity index (χ2n) is 4.15. The molecule has 2 N–H and O–H groups in total. The lowest BCUT2D eigenvalue weighted by molar-refractivity contribution is 0.623. The van der Waals surface area contributed by atoms with Crippen molar-refractivity contribution in [2.45, 2.75) is 13.0 Å². The molecule has 0 amide bonds. The van der Waals surface area contributed by atoms with Gasteiger partial charge in [0.25, 0.3) is 0 Å². The van der Waals surface area contributed by atoms with Crippen LogP contribution in [0.3, 0.4) is 0 Å². The van der Waals surface area contributed by atoms with Gasteiger partial charge in [-0.3, -0.25) is 0 Å². The van der Waals surface area contributed by atoms with Gasteiger partial charge in [0.05, 0.1) is 6.04 Å². The SMILES string of the molecule is Cc1cc(C(N)c2cc(F)ccc2Cl)ccc1Cl. The van der Waals surface area contributed by atoms with E-state index in [0.29, 0.717) is 15.6 Å². The van der Waals surface area contributed by atoms with Gasteiger partial charge in [-0.05, 0) is 47.9 Å². The molecule has 0 aliphatic rings. The minimum Gasteiger partial charge on any atom is -0.320 e. The summed E-state index contributed by atoms with van der Waals surface area (Å²) in [6.07, 6.45) is 0. The van der Waals surface area contributed by atoms with Gasteiger partial charge >= 0.3 is 0 Å². The summed E-state index contributed by atoms with van der Waals surface area (Å²) in [4.78, 5) is 0. The predicted octanol–water partition coefficient (Wildman–Crippen LogP) is 4.49. The van der Waals surface area contributed by atoms with Crippen LogP contribution in [0.5, 0.6) is 0 Å². The lowest BCUT2D eigenvalue weighted by atomic mass is 9.98. The monoisotopic (exact) mass is 283 g/mol. The van der Waals surface area contributed by atoms with Crippen LogP contribution in [0.2, 0.25) is 10.0 Å². The van der Waals surface area contributed by atoms with Crippen LogP contribution in [0.25, 0.3) is 0 Å². The van der Waals surface area contributed by atoms with Crippen molar-refractivity contribution in [1.82, 2.24) is 0 Å². The van der Waals surface area contributed by atoms with Crippen molar-refractivity contribution >= 4 is 23.2 Å². The topological polar surface area (TPSA) is 26.0 Å². The first kappa shape index (κ1) is 13.3. The van der Waals surface area contributed by atoms with E-state index in [-0.39, 0.29) is 5.82 Å². The van der Waals surface area contributed by atoms with E-state index < -0.39 is 6.04 Å².